The molecule has 1 N–H and O–H groups in total. The van der Waals surface area contributed by atoms with Gasteiger partial charge in [-0.2, -0.15) is 0 Å². The number of aromatic hydroxyl groups is 1. The molecule has 0 aromatic heterocycles. The quantitative estimate of drug-likeness (QED) is 0.642. The molecule has 1 nitrogen and oxygen atoms in total. The SMILES string of the molecule is CC(C)(C)c1cc(C#CC#Cc2ccccc2)cc(C(C)(C)C)c1O. The summed E-state index contributed by atoms with van der Waals surface area (Å²) < 4.78 is 0. The Balaban J connectivity index is 2.46. The summed E-state index contributed by atoms with van der Waals surface area (Å²) in [4.78, 5) is 0. The molecule has 0 amide bonds. The summed E-state index contributed by atoms with van der Waals surface area (Å²) in [5.74, 6) is 12.4. The number of benzene rings is 2. The molecule has 0 heterocycles. The molecular weight excluding hydrogens is 304 g/mol. The van der Waals surface area contributed by atoms with E-state index in [1.807, 2.05) is 42.5 Å². The highest BCUT2D eigenvalue weighted by atomic mass is 16.3. The van der Waals surface area contributed by atoms with Gasteiger partial charge in [-0.3, -0.25) is 0 Å². The second kappa shape index (κ2) is 7.08. The molecule has 1 heteroatoms. The second-order valence-corrected chi connectivity index (χ2v) is 8.29. The van der Waals surface area contributed by atoms with Crippen molar-refractivity contribution < 1.29 is 5.11 Å². The Bertz CT molecular complexity index is 832. The van der Waals surface area contributed by atoms with Crippen LogP contribution >= 0.6 is 0 Å². The normalized spacial score (nSPS) is 11.1. The molecule has 0 spiro atoms. The molecule has 0 aliphatic rings. The van der Waals surface area contributed by atoms with Crippen LogP contribution in [-0.2, 0) is 10.8 Å². The number of phenolic OH excluding ortho intramolecular Hbond substituents is 1. The van der Waals surface area contributed by atoms with Crippen LogP contribution in [-0.4, -0.2) is 5.11 Å². The van der Waals surface area contributed by atoms with Crippen LogP contribution in [0.4, 0.5) is 0 Å². The Morgan fingerprint density at radius 2 is 1.12 bits per heavy atom. The van der Waals surface area contributed by atoms with Gasteiger partial charge in [-0.05, 0) is 46.9 Å². The van der Waals surface area contributed by atoms with E-state index in [0.29, 0.717) is 5.75 Å². The topological polar surface area (TPSA) is 20.2 Å². The Morgan fingerprint density at radius 1 is 0.680 bits per heavy atom. The molecule has 0 saturated carbocycles. The van der Waals surface area contributed by atoms with E-state index >= 15 is 0 Å². The predicted molar refractivity (Wildman–Crippen MR) is 106 cm³/mol. The summed E-state index contributed by atoms with van der Waals surface area (Å²) in [5.41, 5.74) is 3.36. The van der Waals surface area contributed by atoms with E-state index in [0.717, 1.165) is 22.3 Å². The molecule has 0 saturated heterocycles. The molecule has 2 aromatic carbocycles. The molecule has 0 bridgehead atoms. The minimum Gasteiger partial charge on any atom is -0.507 e. The average molecular weight is 330 g/mol. The molecule has 0 unspecified atom stereocenters. The third-order valence-corrected chi connectivity index (χ3v) is 3.98. The van der Waals surface area contributed by atoms with Crippen LogP contribution < -0.4 is 0 Å². The van der Waals surface area contributed by atoms with Gasteiger partial charge in [-0.1, -0.05) is 71.6 Å². The zero-order valence-electron chi connectivity index (χ0n) is 16.0. The van der Waals surface area contributed by atoms with Crippen LogP contribution in [0.1, 0.15) is 63.8 Å². The lowest BCUT2D eigenvalue weighted by Gasteiger charge is -2.27. The standard InChI is InChI=1S/C24H26O/c1-23(2,3)20-16-19(17-21(22(20)25)24(4,5)6)15-11-10-14-18-12-8-7-9-13-18/h7-9,12-13,16-17,25H,1-6H3. The third-order valence-electron chi connectivity index (χ3n) is 3.98. The maximum atomic E-state index is 10.7. The summed E-state index contributed by atoms with van der Waals surface area (Å²) in [6.45, 7) is 12.6. The van der Waals surface area contributed by atoms with Crippen LogP contribution in [0.25, 0.3) is 0 Å². The van der Waals surface area contributed by atoms with Gasteiger partial charge in [0.25, 0.3) is 0 Å². The molecule has 0 radical (unpaired) electrons. The molecule has 2 aromatic rings. The monoisotopic (exact) mass is 330 g/mol. The maximum Gasteiger partial charge on any atom is 0.123 e. The zero-order valence-corrected chi connectivity index (χ0v) is 16.0. The lowest BCUT2D eigenvalue weighted by atomic mass is 9.78. The summed E-state index contributed by atoms with van der Waals surface area (Å²) in [7, 11) is 0. The van der Waals surface area contributed by atoms with Crippen molar-refractivity contribution in [3.63, 3.8) is 0 Å². The molecule has 0 atom stereocenters. The van der Waals surface area contributed by atoms with E-state index in [2.05, 4.69) is 65.2 Å². The fourth-order valence-corrected chi connectivity index (χ4v) is 2.58. The van der Waals surface area contributed by atoms with Gasteiger partial charge < -0.3 is 5.11 Å². The van der Waals surface area contributed by atoms with Gasteiger partial charge in [0.1, 0.15) is 5.75 Å². The molecule has 128 valence electrons. The Hall–Kier alpha value is -2.64. The Morgan fingerprint density at radius 3 is 1.56 bits per heavy atom. The van der Waals surface area contributed by atoms with Gasteiger partial charge in [0.2, 0.25) is 0 Å². The number of phenols is 1. The summed E-state index contributed by atoms with van der Waals surface area (Å²) in [6, 6.07) is 13.8. The van der Waals surface area contributed by atoms with E-state index in [4.69, 9.17) is 0 Å². The van der Waals surface area contributed by atoms with Crippen LogP contribution in [0.3, 0.4) is 0 Å². The van der Waals surface area contributed by atoms with Crippen molar-refractivity contribution in [2.45, 2.75) is 52.4 Å². The second-order valence-electron chi connectivity index (χ2n) is 8.29. The Labute approximate surface area is 152 Å². The first-order chi connectivity index (χ1) is 11.6. The fourth-order valence-electron chi connectivity index (χ4n) is 2.58. The van der Waals surface area contributed by atoms with E-state index < -0.39 is 0 Å². The molecule has 0 aliphatic carbocycles. The Kier molecular flexibility index (Phi) is 5.30. The fraction of sp³-hybridized carbons (Fsp3) is 0.333. The van der Waals surface area contributed by atoms with Crippen LogP contribution in [0, 0.1) is 23.7 Å². The molecule has 0 fully saturated rings. The molecule has 2 rings (SSSR count). The zero-order chi connectivity index (χ0) is 18.7. The minimum atomic E-state index is -0.155. The maximum absolute atomic E-state index is 10.7. The van der Waals surface area contributed by atoms with Crippen molar-refractivity contribution in [3.8, 4) is 29.4 Å². The summed E-state index contributed by atoms with van der Waals surface area (Å²) in [5, 5.41) is 10.7. The number of rotatable bonds is 0. The minimum absolute atomic E-state index is 0.155. The van der Waals surface area contributed by atoms with E-state index in [1.165, 1.54) is 0 Å². The van der Waals surface area contributed by atoms with Crippen LogP contribution in [0.15, 0.2) is 42.5 Å². The largest absolute Gasteiger partial charge is 0.507 e. The van der Waals surface area contributed by atoms with E-state index in [-0.39, 0.29) is 10.8 Å². The first kappa shape index (κ1) is 18.7. The smallest absolute Gasteiger partial charge is 0.123 e. The van der Waals surface area contributed by atoms with Crippen molar-refractivity contribution in [1.29, 1.82) is 0 Å². The van der Waals surface area contributed by atoms with Gasteiger partial charge in [0.05, 0.1) is 0 Å². The van der Waals surface area contributed by atoms with Crippen molar-refractivity contribution in [2.24, 2.45) is 0 Å². The van der Waals surface area contributed by atoms with Crippen molar-refractivity contribution >= 4 is 0 Å². The highest BCUT2D eigenvalue weighted by molar-refractivity contribution is 5.55. The highest BCUT2D eigenvalue weighted by Crippen LogP contribution is 2.39. The highest BCUT2D eigenvalue weighted by Gasteiger charge is 2.26. The first-order valence-electron chi connectivity index (χ1n) is 8.54. The van der Waals surface area contributed by atoms with Gasteiger partial charge >= 0.3 is 0 Å². The first-order valence-corrected chi connectivity index (χ1v) is 8.54. The molecule has 0 aliphatic heterocycles. The summed E-state index contributed by atoms with van der Waals surface area (Å²) >= 11 is 0. The number of hydrogen-bond donors (Lipinski definition) is 1. The van der Waals surface area contributed by atoms with Gasteiger partial charge in [0.15, 0.2) is 0 Å². The van der Waals surface area contributed by atoms with Crippen molar-refractivity contribution in [3.05, 3.63) is 64.7 Å². The lowest BCUT2D eigenvalue weighted by Crippen LogP contribution is -2.17. The predicted octanol–water partition coefficient (Wildman–Crippen LogP) is 5.39. The van der Waals surface area contributed by atoms with Crippen LogP contribution in [0.2, 0.25) is 0 Å². The van der Waals surface area contributed by atoms with Crippen LogP contribution in [0.5, 0.6) is 5.75 Å². The number of hydrogen-bond acceptors (Lipinski definition) is 1. The average Bonchev–Trinajstić information content (AvgIpc) is 2.51. The van der Waals surface area contributed by atoms with Gasteiger partial charge in [-0.15, -0.1) is 0 Å². The van der Waals surface area contributed by atoms with Gasteiger partial charge in [-0.25, -0.2) is 0 Å². The molecule has 25 heavy (non-hydrogen) atoms. The van der Waals surface area contributed by atoms with Crippen molar-refractivity contribution in [2.75, 3.05) is 0 Å². The van der Waals surface area contributed by atoms with Gasteiger partial charge in [0, 0.05) is 22.3 Å². The van der Waals surface area contributed by atoms with Crippen molar-refractivity contribution in [1.82, 2.24) is 0 Å². The third kappa shape index (κ3) is 4.91. The van der Waals surface area contributed by atoms with E-state index in [1.54, 1.807) is 0 Å². The molecular formula is C24H26O. The van der Waals surface area contributed by atoms with E-state index in [9.17, 15) is 5.11 Å². The summed E-state index contributed by atoms with van der Waals surface area (Å²) in [6.07, 6.45) is 0. The lowest BCUT2D eigenvalue weighted by molar-refractivity contribution is 0.423.